The van der Waals surface area contributed by atoms with Gasteiger partial charge in [-0.1, -0.05) is 5.21 Å². The maximum absolute atomic E-state index is 10.6. The molecule has 0 fully saturated rings. The lowest BCUT2D eigenvalue weighted by Crippen LogP contribution is -1.95. The number of aryl methyl sites for hydroxylation is 1. The maximum Gasteiger partial charge on any atom is 0.353 e. The number of carboxylic acid groups (broad SMARTS) is 1. The fraction of sp³-hybridized carbons (Fsp3) is 0.143. The smallest absolute Gasteiger partial charge is 0.353 e. The molecule has 0 spiro atoms. The Morgan fingerprint density at radius 2 is 2.43 bits per heavy atom. The van der Waals surface area contributed by atoms with E-state index >= 15 is 0 Å². The second-order valence-corrected chi connectivity index (χ2v) is 2.71. The molecule has 2 heterocycles. The number of carbonyl (C=O) groups is 1. The van der Waals surface area contributed by atoms with Crippen molar-refractivity contribution in [2.75, 3.05) is 0 Å². The maximum atomic E-state index is 10.6. The molecular formula is C7H7N5O2. The minimum atomic E-state index is -1.04. The summed E-state index contributed by atoms with van der Waals surface area (Å²) in [7, 11) is 1.71. The molecule has 0 aromatic carbocycles. The Kier molecular flexibility index (Phi) is 1.77. The van der Waals surface area contributed by atoms with E-state index in [1.165, 1.54) is 16.9 Å². The largest absolute Gasteiger partial charge is 0.477 e. The molecule has 0 bridgehead atoms. The highest BCUT2D eigenvalue weighted by molar-refractivity contribution is 5.86. The molecule has 0 aliphatic carbocycles. The van der Waals surface area contributed by atoms with Crippen molar-refractivity contribution in [2.45, 2.75) is 0 Å². The summed E-state index contributed by atoms with van der Waals surface area (Å²) in [5.41, 5.74) is 1.21. The zero-order valence-corrected chi connectivity index (χ0v) is 7.30. The number of aromatic carboxylic acids is 1. The van der Waals surface area contributed by atoms with Gasteiger partial charge in [0.05, 0.1) is 6.20 Å². The fourth-order valence-corrected chi connectivity index (χ4v) is 1.08. The number of carboxylic acids is 1. The minimum absolute atomic E-state index is 0.0428. The highest BCUT2D eigenvalue weighted by atomic mass is 16.4. The lowest BCUT2D eigenvalue weighted by Gasteiger charge is -1.92. The molecule has 7 nitrogen and oxygen atoms in total. The molecular weight excluding hydrogens is 186 g/mol. The van der Waals surface area contributed by atoms with E-state index in [1.54, 1.807) is 7.05 Å². The summed E-state index contributed by atoms with van der Waals surface area (Å²) in [5.74, 6) is -1.04. The van der Waals surface area contributed by atoms with E-state index in [0.717, 1.165) is 0 Å². The van der Waals surface area contributed by atoms with Crippen LogP contribution in [0.3, 0.4) is 0 Å². The van der Waals surface area contributed by atoms with Crippen LogP contribution in [0.25, 0.3) is 11.4 Å². The molecule has 0 saturated carbocycles. The third-order valence-electron chi connectivity index (χ3n) is 1.79. The molecule has 0 aliphatic heterocycles. The SMILES string of the molecule is Cn1nncc1-c1cc(C(=O)O)[nH]n1. The third kappa shape index (κ3) is 1.24. The van der Waals surface area contributed by atoms with Gasteiger partial charge in [-0.15, -0.1) is 5.10 Å². The van der Waals surface area contributed by atoms with Crippen molar-refractivity contribution in [3.63, 3.8) is 0 Å². The average molecular weight is 193 g/mol. The van der Waals surface area contributed by atoms with E-state index in [-0.39, 0.29) is 5.69 Å². The second kappa shape index (κ2) is 2.95. The summed E-state index contributed by atoms with van der Waals surface area (Å²) in [6.07, 6.45) is 1.52. The number of nitrogens with one attached hydrogen (secondary N) is 1. The summed E-state index contributed by atoms with van der Waals surface area (Å²) in [6.45, 7) is 0. The Morgan fingerprint density at radius 3 is 2.93 bits per heavy atom. The van der Waals surface area contributed by atoms with Gasteiger partial charge < -0.3 is 5.11 Å². The van der Waals surface area contributed by atoms with E-state index in [9.17, 15) is 4.79 Å². The van der Waals surface area contributed by atoms with Crippen molar-refractivity contribution in [3.8, 4) is 11.4 Å². The monoisotopic (exact) mass is 193 g/mol. The molecule has 0 radical (unpaired) electrons. The quantitative estimate of drug-likeness (QED) is 0.694. The van der Waals surface area contributed by atoms with E-state index in [2.05, 4.69) is 20.5 Å². The Balaban J connectivity index is 2.43. The number of nitrogens with zero attached hydrogens (tertiary/aromatic N) is 4. The van der Waals surface area contributed by atoms with E-state index in [0.29, 0.717) is 11.4 Å². The van der Waals surface area contributed by atoms with Crippen LogP contribution in [0, 0.1) is 0 Å². The van der Waals surface area contributed by atoms with Gasteiger partial charge in [0.15, 0.2) is 0 Å². The summed E-state index contributed by atoms with van der Waals surface area (Å²) in [5, 5.41) is 22.3. The fourth-order valence-electron chi connectivity index (χ4n) is 1.08. The molecule has 0 amide bonds. The number of H-pyrrole nitrogens is 1. The number of hydrogen-bond donors (Lipinski definition) is 2. The Hall–Kier alpha value is -2.18. The normalized spacial score (nSPS) is 10.4. The summed E-state index contributed by atoms with van der Waals surface area (Å²) in [4.78, 5) is 10.6. The molecule has 7 heteroatoms. The number of aromatic amines is 1. The van der Waals surface area contributed by atoms with Gasteiger partial charge in [0.2, 0.25) is 0 Å². The van der Waals surface area contributed by atoms with Gasteiger partial charge in [-0.3, -0.25) is 5.10 Å². The Labute approximate surface area is 78.4 Å². The molecule has 0 atom stereocenters. The first-order valence-corrected chi connectivity index (χ1v) is 3.82. The van der Waals surface area contributed by atoms with Crippen molar-refractivity contribution in [1.82, 2.24) is 25.2 Å². The van der Waals surface area contributed by atoms with E-state index < -0.39 is 5.97 Å². The van der Waals surface area contributed by atoms with Crippen LogP contribution in [0.2, 0.25) is 0 Å². The first kappa shape index (κ1) is 8.42. The van der Waals surface area contributed by atoms with Gasteiger partial charge >= 0.3 is 5.97 Å². The molecule has 14 heavy (non-hydrogen) atoms. The molecule has 2 N–H and O–H groups in total. The van der Waals surface area contributed by atoms with Crippen LogP contribution in [0.4, 0.5) is 0 Å². The first-order valence-electron chi connectivity index (χ1n) is 3.82. The molecule has 2 aromatic rings. The zero-order chi connectivity index (χ0) is 10.1. The van der Waals surface area contributed by atoms with Gasteiger partial charge in [0.1, 0.15) is 17.1 Å². The molecule has 0 aliphatic rings. The van der Waals surface area contributed by atoms with Gasteiger partial charge in [-0.05, 0) is 0 Å². The minimum Gasteiger partial charge on any atom is -0.477 e. The predicted octanol–water partition coefficient (Wildman–Crippen LogP) is -0.0966. The van der Waals surface area contributed by atoms with Crippen molar-refractivity contribution >= 4 is 5.97 Å². The van der Waals surface area contributed by atoms with Crippen LogP contribution in [0.1, 0.15) is 10.5 Å². The van der Waals surface area contributed by atoms with Crippen LogP contribution < -0.4 is 0 Å². The van der Waals surface area contributed by atoms with Crippen LogP contribution in [0.5, 0.6) is 0 Å². The number of aromatic nitrogens is 5. The number of rotatable bonds is 2. The topological polar surface area (TPSA) is 96.7 Å². The zero-order valence-electron chi connectivity index (χ0n) is 7.30. The standard InChI is InChI=1S/C7H7N5O2/c1-12-6(3-8-11-12)4-2-5(7(13)14)10-9-4/h2-3H,1H3,(H,9,10)(H,13,14). The lowest BCUT2D eigenvalue weighted by atomic mass is 10.3. The highest BCUT2D eigenvalue weighted by Crippen LogP contribution is 2.14. The van der Waals surface area contributed by atoms with Gasteiger partial charge in [0.25, 0.3) is 0 Å². The molecule has 0 unspecified atom stereocenters. The molecule has 2 aromatic heterocycles. The summed E-state index contributed by atoms with van der Waals surface area (Å²) in [6, 6.07) is 1.43. The molecule has 2 rings (SSSR count). The van der Waals surface area contributed by atoms with Crippen molar-refractivity contribution in [3.05, 3.63) is 18.0 Å². The van der Waals surface area contributed by atoms with Gasteiger partial charge in [-0.2, -0.15) is 5.10 Å². The second-order valence-electron chi connectivity index (χ2n) is 2.71. The van der Waals surface area contributed by atoms with E-state index in [4.69, 9.17) is 5.11 Å². The van der Waals surface area contributed by atoms with Crippen LogP contribution >= 0.6 is 0 Å². The van der Waals surface area contributed by atoms with Gasteiger partial charge in [0, 0.05) is 13.1 Å². The highest BCUT2D eigenvalue weighted by Gasteiger charge is 2.11. The van der Waals surface area contributed by atoms with Crippen molar-refractivity contribution in [2.24, 2.45) is 7.05 Å². The third-order valence-corrected chi connectivity index (χ3v) is 1.79. The van der Waals surface area contributed by atoms with Gasteiger partial charge in [-0.25, -0.2) is 9.48 Å². The van der Waals surface area contributed by atoms with Crippen molar-refractivity contribution < 1.29 is 9.90 Å². The van der Waals surface area contributed by atoms with Crippen LogP contribution in [-0.2, 0) is 7.05 Å². The molecule has 0 saturated heterocycles. The average Bonchev–Trinajstić information content (AvgIpc) is 2.71. The van der Waals surface area contributed by atoms with Crippen LogP contribution in [-0.4, -0.2) is 36.3 Å². The molecule has 72 valence electrons. The van der Waals surface area contributed by atoms with Crippen LogP contribution in [0.15, 0.2) is 12.3 Å². The summed E-state index contributed by atoms with van der Waals surface area (Å²) < 4.78 is 1.52. The predicted molar refractivity (Wildman–Crippen MR) is 45.5 cm³/mol. The van der Waals surface area contributed by atoms with E-state index in [1.807, 2.05) is 0 Å². The first-order chi connectivity index (χ1) is 6.68. The Morgan fingerprint density at radius 1 is 1.64 bits per heavy atom. The van der Waals surface area contributed by atoms with Crippen molar-refractivity contribution in [1.29, 1.82) is 0 Å². The number of hydrogen-bond acceptors (Lipinski definition) is 4. The summed E-state index contributed by atoms with van der Waals surface area (Å²) >= 11 is 0. The Bertz CT molecular complexity index is 472. The lowest BCUT2D eigenvalue weighted by molar-refractivity contribution is 0.0690.